The molecule has 4 rings (SSSR count). The minimum atomic E-state index is -3.79. The van der Waals surface area contributed by atoms with Gasteiger partial charge in [-0.2, -0.15) is 11.8 Å². The van der Waals surface area contributed by atoms with Crippen LogP contribution in [0.2, 0.25) is 0 Å². The number of thioether (sulfide) groups is 1. The molecule has 156 valence electrons. The van der Waals surface area contributed by atoms with E-state index in [1.54, 1.807) is 49.4 Å². The summed E-state index contributed by atoms with van der Waals surface area (Å²) >= 11 is 1.51. The standard InChI is InChI=1S/C22H21FN2O3S2/c1-15(22(26)24-12-13-29-14-17-6-2-3-9-18(17)23)25-19-10-4-7-16-8-5-11-20(21(16)19)30(25,27)28/h2-11,15H,12-14H2,1H3,(H,24,26)/t15-/m1/s1. The number of anilines is 1. The molecule has 0 aliphatic carbocycles. The monoisotopic (exact) mass is 444 g/mol. The van der Waals surface area contributed by atoms with Gasteiger partial charge in [0, 0.05) is 23.4 Å². The highest BCUT2D eigenvalue weighted by Gasteiger charge is 2.40. The highest BCUT2D eigenvalue weighted by atomic mass is 32.2. The molecule has 0 saturated carbocycles. The number of nitrogens with one attached hydrogen (secondary N) is 1. The predicted octanol–water partition coefficient (Wildman–Crippen LogP) is 3.93. The Balaban J connectivity index is 1.40. The van der Waals surface area contributed by atoms with Crippen LogP contribution in [0.3, 0.4) is 0 Å². The molecule has 1 aliphatic heterocycles. The van der Waals surface area contributed by atoms with Crippen LogP contribution in [0.15, 0.2) is 65.6 Å². The Morgan fingerprint density at radius 1 is 1.10 bits per heavy atom. The first-order valence-electron chi connectivity index (χ1n) is 9.56. The Labute approximate surface area is 179 Å². The quantitative estimate of drug-likeness (QED) is 0.561. The number of sulfonamides is 1. The average molecular weight is 445 g/mol. The van der Waals surface area contributed by atoms with Gasteiger partial charge in [0.15, 0.2) is 0 Å². The number of hydrogen-bond acceptors (Lipinski definition) is 4. The third-order valence-electron chi connectivity index (χ3n) is 5.11. The first kappa shape index (κ1) is 20.7. The summed E-state index contributed by atoms with van der Waals surface area (Å²) in [6.45, 7) is 1.96. The number of carbonyl (C=O) groups excluding carboxylic acids is 1. The first-order valence-corrected chi connectivity index (χ1v) is 12.2. The number of rotatable bonds is 7. The van der Waals surface area contributed by atoms with Gasteiger partial charge in [-0.1, -0.05) is 42.5 Å². The molecule has 0 saturated heterocycles. The molecule has 1 aliphatic rings. The lowest BCUT2D eigenvalue weighted by atomic mass is 10.1. The zero-order valence-corrected chi connectivity index (χ0v) is 18.0. The van der Waals surface area contributed by atoms with E-state index in [9.17, 15) is 17.6 Å². The predicted molar refractivity (Wildman–Crippen MR) is 119 cm³/mol. The molecule has 0 spiro atoms. The van der Waals surface area contributed by atoms with Crippen LogP contribution >= 0.6 is 11.8 Å². The summed E-state index contributed by atoms with van der Waals surface area (Å²) in [4.78, 5) is 12.9. The van der Waals surface area contributed by atoms with Crippen molar-refractivity contribution in [3.05, 3.63) is 72.0 Å². The lowest BCUT2D eigenvalue weighted by molar-refractivity contribution is -0.121. The van der Waals surface area contributed by atoms with Crippen molar-refractivity contribution in [3.63, 3.8) is 0 Å². The van der Waals surface area contributed by atoms with Crippen LogP contribution in [0.5, 0.6) is 0 Å². The Morgan fingerprint density at radius 2 is 1.83 bits per heavy atom. The Morgan fingerprint density at radius 3 is 2.60 bits per heavy atom. The maximum Gasteiger partial charge on any atom is 0.265 e. The second kappa shape index (κ2) is 8.28. The minimum Gasteiger partial charge on any atom is -0.353 e. The van der Waals surface area contributed by atoms with Crippen molar-refractivity contribution in [2.24, 2.45) is 0 Å². The molecule has 1 amide bonds. The van der Waals surface area contributed by atoms with Gasteiger partial charge in [-0.15, -0.1) is 0 Å². The summed E-state index contributed by atoms with van der Waals surface area (Å²) in [5, 5.41) is 4.28. The van der Waals surface area contributed by atoms with E-state index in [2.05, 4.69) is 5.32 Å². The van der Waals surface area contributed by atoms with Gasteiger partial charge >= 0.3 is 0 Å². The van der Waals surface area contributed by atoms with E-state index < -0.39 is 16.1 Å². The number of halogens is 1. The van der Waals surface area contributed by atoms with Gasteiger partial charge < -0.3 is 5.32 Å². The number of hydrogen-bond donors (Lipinski definition) is 1. The Kier molecular flexibility index (Phi) is 5.71. The molecule has 5 nitrogen and oxygen atoms in total. The molecule has 0 aromatic heterocycles. The van der Waals surface area contributed by atoms with Gasteiger partial charge in [0.25, 0.3) is 10.0 Å². The zero-order chi connectivity index (χ0) is 21.3. The van der Waals surface area contributed by atoms with Gasteiger partial charge in [-0.05, 0) is 36.1 Å². The lowest BCUT2D eigenvalue weighted by Gasteiger charge is -2.25. The van der Waals surface area contributed by atoms with Gasteiger partial charge in [-0.3, -0.25) is 9.10 Å². The van der Waals surface area contributed by atoms with Crippen LogP contribution in [0.25, 0.3) is 10.8 Å². The van der Waals surface area contributed by atoms with E-state index in [4.69, 9.17) is 0 Å². The van der Waals surface area contributed by atoms with E-state index in [1.165, 1.54) is 22.1 Å². The number of nitrogens with zero attached hydrogens (tertiary/aromatic N) is 1. The van der Waals surface area contributed by atoms with Crippen LogP contribution in [-0.4, -0.2) is 32.7 Å². The van der Waals surface area contributed by atoms with Gasteiger partial charge in [-0.25, -0.2) is 12.8 Å². The van der Waals surface area contributed by atoms with Crippen molar-refractivity contribution in [2.75, 3.05) is 16.6 Å². The summed E-state index contributed by atoms with van der Waals surface area (Å²) in [6.07, 6.45) is 0. The molecule has 30 heavy (non-hydrogen) atoms. The van der Waals surface area contributed by atoms with Gasteiger partial charge in [0.05, 0.1) is 10.6 Å². The normalized spacial score (nSPS) is 15.3. The molecular weight excluding hydrogens is 423 g/mol. The molecule has 1 N–H and O–H groups in total. The van der Waals surface area contributed by atoms with Crippen molar-refractivity contribution in [2.45, 2.75) is 23.6 Å². The zero-order valence-electron chi connectivity index (χ0n) is 16.3. The van der Waals surface area contributed by atoms with E-state index in [-0.39, 0.29) is 16.6 Å². The van der Waals surface area contributed by atoms with E-state index in [1.807, 2.05) is 12.1 Å². The summed E-state index contributed by atoms with van der Waals surface area (Å²) in [5.74, 6) is 0.496. The van der Waals surface area contributed by atoms with Crippen molar-refractivity contribution in [3.8, 4) is 0 Å². The van der Waals surface area contributed by atoms with E-state index in [0.717, 1.165) is 5.39 Å². The van der Waals surface area contributed by atoms with E-state index >= 15 is 0 Å². The van der Waals surface area contributed by atoms with Crippen molar-refractivity contribution < 1.29 is 17.6 Å². The number of benzene rings is 3. The summed E-state index contributed by atoms with van der Waals surface area (Å²) < 4.78 is 41.0. The average Bonchev–Trinajstić information content (AvgIpc) is 2.97. The lowest BCUT2D eigenvalue weighted by Crippen LogP contribution is -2.47. The second-order valence-electron chi connectivity index (χ2n) is 7.04. The number of amides is 1. The molecule has 1 heterocycles. The fraction of sp³-hybridized carbons (Fsp3) is 0.227. The Bertz CT molecular complexity index is 1210. The summed E-state index contributed by atoms with van der Waals surface area (Å²) in [6, 6.07) is 16.2. The minimum absolute atomic E-state index is 0.232. The molecule has 3 aromatic carbocycles. The fourth-order valence-electron chi connectivity index (χ4n) is 3.64. The molecular formula is C22H21FN2O3S2. The van der Waals surface area contributed by atoms with Gasteiger partial charge in [0.1, 0.15) is 11.9 Å². The van der Waals surface area contributed by atoms with Crippen LogP contribution in [0.1, 0.15) is 12.5 Å². The van der Waals surface area contributed by atoms with Gasteiger partial charge in [0.2, 0.25) is 5.91 Å². The van der Waals surface area contributed by atoms with Crippen LogP contribution in [0.4, 0.5) is 10.1 Å². The Hall–Kier alpha value is -2.58. The maximum absolute atomic E-state index is 13.6. The molecule has 0 fully saturated rings. The largest absolute Gasteiger partial charge is 0.353 e. The summed E-state index contributed by atoms with van der Waals surface area (Å²) in [5.41, 5.74) is 1.15. The smallest absolute Gasteiger partial charge is 0.265 e. The second-order valence-corrected chi connectivity index (χ2v) is 9.93. The summed E-state index contributed by atoms with van der Waals surface area (Å²) in [7, 11) is -3.79. The topological polar surface area (TPSA) is 66.5 Å². The SMILES string of the molecule is C[C@H](C(=O)NCCSCc1ccccc1F)N1c2cccc3cccc(c23)S1(=O)=O. The molecule has 8 heteroatoms. The molecule has 0 radical (unpaired) electrons. The van der Waals surface area contributed by atoms with Crippen LogP contribution in [0, 0.1) is 5.82 Å². The maximum atomic E-state index is 13.6. The highest BCUT2D eigenvalue weighted by molar-refractivity contribution is 7.98. The third kappa shape index (κ3) is 3.65. The molecule has 3 aromatic rings. The van der Waals surface area contributed by atoms with Crippen molar-refractivity contribution >= 4 is 44.2 Å². The van der Waals surface area contributed by atoms with E-state index in [0.29, 0.717) is 34.7 Å². The van der Waals surface area contributed by atoms with Crippen LogP contribution in [-0.2, 0) is 20.6 Å². The fourth-order valence-corrected chi connectivity index (χ4v) is 6.35. The van der Waals surface area contributed by atoms with Crippen molar-refractivity contribution in [1.29, 1.82) is 0 Å². The first-order chi connectivity index (χ1) is 14.4. The van der Waals surface area contributed by atoms with Crippen molar-refractivity contribution in [1.82, 2.24) is 5.32 Å². The highest BCUT2D eigenvalue weighted by Crippen LogP contribution is 2.43. The molecule has 0 unspecified atom stereocenters. The number of carbonyl (C=O) groups is 1. The third-order valence-corrected chi connectivity index (χ3v) is 8.05. The molecule has 0 bridgehead atoms. The van der Waals surface area contributed by atoms with Crippen LogP contribution < -0.4 is 9.62 Å². The molecule has 1 atom stereocenters.